The third-order valence-corrected chi connectivity index (χ3v) is 4.61. The third-order valence-electron chi connectivity index (χ3n) is 4.61. The second-order valence-electron chi connectivity index (χ2n) is 6.58. The lowest BCUT2D eigenvalue weighted by Gasteiger charge is -2.30. The van der Waals surface area contributed by atoms with Gasteiger partial charge in [0.2, 0.25) is 0 Å². The molecule has 0 radical (unpaired) electrons. The molecule has 0 aliphatic carbocycles. The summed E-state index contributed by atoms with van der Waals surface area (Å²) in [5, 5.41) is 19.8. The van der Waals surface area contributed by atoms with Crippen molar-refractivity contribution in [2.75, 3.05) is 33.2 Å². The van der Waals surface area contributed by atoms with Gasteiger partial charge in [0, 0.05) is 62.2 Å². The fourth-order valence-corrected chi connectivity index (χ4v) is 3.45. The normalized spacial score (nSPS) is 16.3. The van der Waals surface area contributed by atoms with E-state index in [-0.39, 0.29) is 5.82 Å². The molecule has 5 nitrogen and oxygen atoms in total. The molecule has 0 amide bonds. The molecule has 1 atom stereocenters. The van der Waals surface area contributed by atoms with Gasteiger partial charge in [-0.05, 0) is 30.8 Å². The number of benzene rings is 1. The van der Waals surface area contributed by atoms with Crippen molar-refractivity contribution in [2.24, 2.45) is 0 Å². The van der Waals surface area contributed by atoms with Crippen LogP contribution in [0.3, 0.4) is 0 Å². The summed E-state index contributed by atoms with van der Waals surface area (Å²) in [5.74, 6) is -0.222. The quantitative estimate of drug-likeness (QED) is 0.849. The van der Waals surface area contributed by atoms with E-state index in [4.69, 9.17) is 5.26 Å². The Kier molecular flexibility index (Phi) is 5.14. The Bertz CT molecular complexity index is 751. The Hall–Kier alpha value is -1.94. The van der Waals surface area contributed by atoms with E-state index in [9.17, 15) is 9.50 Å². The highest BCUT2D eigenvalue weighted by Gasteiger charge is 2.22. The second-order valence-corrected chi connectivity index (χ2v) is 6.58. The number of aromatic nitrogens is 1. The molecule has 2 heterocycles. The van der Waals surface area contributed by atoms with Gasteiger partial charge in [0.15, 0.2) is 0 Å². The van der Waals surface area contributed by atoms with Crippen LogP contribution in [0, 0.1) is 17.1 Å². The Morgan fingerprint density at radius 2 is 2.33 bits per heavy atom. The van der Waals surface area contributed by atoms with Crippen LogP contribution in [0.4, 0.5) is 4.39 Å². The molecule has 1 aliphatic heterocycles. The summed E-state index contributed by atoms with van der Waals surface area (Å²) in [7, 11) is 1.91. The maximum Gasteiger partial charge on any atom is 0.123 e. The molecule has 0 bridgehead atoms. The first-order valence-corrected chi connectivity index (χ1v) is 8.31. The van der Waals surface area contributed by atoms with Gasteiger partial charge in [-0.15, -0.1) is 0 Å². The predicted molar refractivity (Wildman–Crippen MR) is 91.0 cm³/mol. The minimum Gasteiger partial charge on any atom is -0.390 e. The van der Waals surface area contributed by atoms with Crippen LogP contribution in [-0.2, 0) is 13.0 Å². The fraction of sp³-hybridized carbons (Fsp3) is 0.500. The molecule has 2 aromatic rings. The lowest BCUT2D eigenvalue weighted by Crippen LogP contribution is -2.41. The standard InChI is InChI=1S/C18H23FN4O/c1-22(7-2-6-20)10-14(24)11-23-8-5-18-16(12-23)15-9-13(19)3-4-17(15)21-18/h3-4,9,14,21,24H,2,5,7-8,10-12H2,1H3/t14-/m0/s1. The van der Waals surface area contributed by atoms with Gasteiger partial charge in [0.1, 0.15) is 5.82 Å². The lowest BCUT2D eigenvalue weighted by molar-refractivity contribution is 0.0774. The Labute approximate surface area is 141 Å². The van der Waals surface area contributed by atoms with Crippen LogP contribution in [0.25, 0.3) is 10.9 Å². The van der Waals surface area contributed by atoms with Gasteiger partial charge in [0.05, 0.1) is 12.2 Å². The largest absolute Gasteiger partial charge is 0.390 e. The van der Waals surface area contributed by atoms with Crippen LogP contribution in [0.1, 0.15) is 17.7 Å². The second kappa shape index (κ2) is 7.31. The number of hydrogen-bond donors (Lipinski definition) is 2. The number of β-amino-alcohol motifs (C(OH)–C–C–N with tert-alkyl or cyclic N) is 1. The zero-order valence-corrected chi connectivity index (χ0v) is 13.9. The van der Waals surface area contributed by atoms with Crippen LogP contribution in [0.2, 0.25) is 0 Å². The number of hydrogen-bond acceptors (Lipinski definition) is 4. The van der Waals surface area contributed by atoms with E-state index >= 15 is 0 Å². The number of nitrogens with one attached hydrogen (secondary N) is 1. The molecule has 3 rings (SSSR count). The summed E-state index contributed by atoms with van der Waals surface area (Å²) in [6, 6.07) is 6.96. The predicted octanol–water partition coefficient (Wildman–Crippen LogP) is 1.87. The Morgan fingerprint density at radius 3 is 3.12 bits per heavy atom. The van der Waals surface area contributed by atoms with Crippen molar-refractivity contribution in [1.82, 2.24) is 14.8 Å². The van der Waals surface area contributed by atoms with E-state index in [1.54, 1.807) is 12.1 Å². The van der Waals surface area contributed by atoms with Crippen LogP contribution >= 0.6 is 0 Å². The van der Waals surface area contributed by atoms with E-state index in [2.05, 4.69) is 16.0 Å². The fourth-order valence-electron chi connectivity index (χ4n) is 3.45. The molecular formula is C18H23FN4O. The molecule has 0 saturated heterocycles. The number of fused-ring (bicyclic) bond motifs is 3. The monoisotopic (exact) mass is 330 g/mol. The number of nitrogens with zero attached hydrogens (tertiary/aromatic N) is 3. The minimum atomic E-state index is -0.461. The van der Waals surface area contributed by atoms with E-state index < -0.39 is 6.10 Å². The topological polar surface area (TPSA) is 66.3 Å². The van der Waals surface area contributed by atoms with Crippen molar-refractivity contribution in [3.8, 4) is 6.07 Å². The highest BCUT2D eigenvalue weighted by atomic mass is 19.1. The van der Waals surface area contributed by atoms with E-state index in [1.807, 2.05) is 11.9 Å². The molecule has 1 aromatic carbocycles. The minimum absolute atomic E-state index is 0.222. The molecule has 24 heavy (non-hydrogen) atoms. The zero-order chi connectivity index (χ0) is 17.1. The van der Waals surface area contributed by atoms with Crippen LogP contribution < -0.4 is 0 Å². The molecule has 6 heteroatoms. The van der Waals surface area contributed by atoms with Crippen molar-refractivity contribution in [3.05, 3.63) is 35.3 Å². The van der Waals surface area contributed by atoms with Crippen molar-refractivity contribution in [1.29, 1.82) is 5.26 Å². The van der Waals surface area contributed by atoms with Gasteiger partial charge in [0.25, 0.3) is 0 Å². The number of H-pyrrole nitrogens is 1. The summed E-state index contributed by atoms with van der Waals surface area (Å²) in [5.41, 5.74) is 3.29. The first-order chi connectivity index (χ1) is 11.6. The number of rotatable bonds is 6. The van der Waals surface area contributed by atoms with Crippen LogP contribution in [-0.4, -0.2) is 59.2 Å². The van der Waals surface area contributed by atoms with E-state index in [0.717, 1.165) is 36.0 Å². The average Bonchev–Trinajstić information content (AvgIpc) is 2.90. The van der Waals surface area contributed by atoms with Crippen LogP contribution in [0.15, 0.2) is 18.2 Å². The maximum atomic E-state index is 13.5. The van der Waals surface area contributed by atoms with Crippen LogP contribution in [0.5, 0.6) is 0 Å². The van der Waals surface area contributed by atoms with Gasteiger partial charge in [-0.3, -0.25) is 4.90 Å². The SMILES string of the molecule is CN(CCC#N)C[C@H](O)CN1CCc2[nH]c3ccc(F)cc3c2C1. The van der Waals surface area contributed by atoms with Gasteiger partial charge < -0.3 is 15.0 Å². The summed E-state index contributed by atoms with van der Waals surface area (Å²) in [6.07, 6.45) is 0.886. The van der Waals surface area contributed by atoms with Crippen molar-refractivity contribution in [3.63, 3.8) is 0 Å². The first-order valence-electron chi connectivity index (χ1n) is 8.31. The molecule has 2 N–H and O–H groups in total. The highest BCUT2D eigenvalue weighted by Crippen LogP contribution is 2.28. The van der Waals surface area contributed by atoms with Gasteiger partial charge in [-0.25, -0.2) is 4.39 Å². The number of aliphatic hydroxyl groups excluding tert-OH is 1. The average molecular weight is 330 g/mol. The molecule has 0 unspecified atom stereocenters. The summed E-state index contributed by atoms with van der Waals surface area (Å²) in [6.45, 7) is 3.39. The van der Waals surface area contributed by atoms with Crippen molar-refractivity contribution < 1.29 is 9.50 Å². The van der Waals surface area contributed by atoms with Crippen molar-refractivity contribution in [2.45, 2.75) is 25.5 Å². The molecule has 1 aromatic heterocycles. The molecule has 0 saturated carbocycles. The van der Waals surface area contributed by atoms with Gasteiger partial charge in [-0.2, -0.15) is 5.26 Å². The number of aromatic amines is 1. The molecule has 1 aliphatic rings. The summed E-state index contributed by atoms with van der Waals surface area (Å²) >= 11 is 0. The zero-order valence-electron chi connectivity index (χ0n) is 13.9. The summed E-state index contributed by atoms with van der Waals surface area (Å²) in [4.78, 5) is 7.57. The van der Waals surface area contributed by atoms with Crippen molar-refractivity contribution >= 4 is 10.9 Å². The summed E-state index contributed by atoms with van der Waals surface area (Å²) < 4.78 is 13.5. The number of likely N-dealkylation sites (N-methyl/N-ethyl adjacent to an activating group) is 1. The molecule has 0 fully saturated rings. The van der Waals surface area contributed by atoms with Gasteiger partial charge >= 0.3 is 0 Å². The highest BCUT2D eigenvalue weighted by molar-refractivity contribution is 5.84. The Morgan fingerprint density at radius 1 is 1.50 bits per heavy atom. The third kappa shape index (κ3) is 3.75. The molecular weight excluding hydrogens is 307 g/mol. The smallest absolute Gasteiger partial charge is 0.123 e. The first kappa shape index (κ1) is 16.9. The van der Waals surface area contributed by atoms with Gasteiger partial charge in [-0.1, -0.05) is 0 Å². The number of nitriles is 1. The number of aliphatic hydroxyl groups is 1. The van der Waals surface area contributed by atoms with E-state index in [1.165, 1.54) is 11.8 Å². The molecule has 128 valence electrons. The van der Waals surface area contributed by atoms with E-state index in [0.29, 0.717) is 26.1 Å². The molecule has 0 spiro atoms. The number of halogens is 1. The maximum absolute atomic E-state index is 13.5. The lowest BCUT2D eigenvalue weighted by atomic mass is 10.0. The Balaban J connectivity index is 1.63.